The number of benzene rings is 3. The first-order chi connectivity index (χ1) is 16.3. The van der Waals surface area contributed by atoms with E-state index in [1.807, 2.05) is 41.2 Å². The maximum Gasteiger partial charge on any atom is 0.135 e. The Bertz CT molecular complexity index is 1610. The molecule has 2 N–H and O–H groups in total. The molecule has 7 nitrogen and oxygen atoms in total. The van der Waals surface area contributed by atoms with Gasteiger partial charge in [0.1, 0.15) is 22.7 Å². The van der Waals surface area contributed by atoms with Crippen molar-refractivity contribution in [3.63, 3.8) is 0 Å². The third kappa shape index (κ3) is 3.05. The fourth-order valence-electron chi connectivity index (χ4n) is 4.59. The van der Waals surface area contributed by atoms with Crippen LogP contribution >= 0.6 is 0 Å². The molecule has 0 saturated carbocycles. The number of H-pyrrole nitrogens is 1. The molecule has 7 heteroatoms. The number of aromatic nitrogens is 5. The van der Waals surface area contributed by atoms with Crippen LogP contribution in [0, 0.1) is 0 Å². The van der Waals surface area contributed by atoms with E-state index in [2.05, 4.69) is 62.2 Å². The molecule has 7 rings (SSSR count). The van der Waals surface area contributed by atoms with Gasteiger partial charge >= 0.3 is 0 Å². The van der Waals surface area contributed by atoms with Crippen LogP contribution in [0.1, 0.15) is 11.1 Å². The number of hydrogen-bond donors (Lipinski definition) is 2. The minimum absolute atomic E-state index is 0.721. The van der Waals surface area contributed by atoms with Crippen molar-refractivity contribution in [3.05, 3.63) is 84.1 Å². The van der Waals surface area contributed by atoms with Crippen LogP contribution in [0.25, 0.3) is 50.3 Å². The Kier molecular flexibility index (Phi) is 3.97. The zero-order chi connectivity index (χ0) is 21.8. The van der Waals surface area contributed by atoms with Gasteiger partial charge in [0.2, 0.25) is 0 Å². The number of aromatic amines is 1. The van der Waals surface area contributed by atoms with Gasteiger partial charge in [-0.3, -0.25) is 5.10 Å². The number of fused-ring (bicyclic) bond motifs is 3. The Morgan fingerprint density at radius 1 is 0.939 bits per heavy atom. The highest BCUT2D eigenvalue weighted by Gasteiger charge is 2.16. The van der Waals surface area contributed by atoms with E-state index in [0.717, 1.165) is 69.8 Å². The lowest BCUT2D eigenvalue weighted by atomic mass is 10.0. The average Bonchev–Trinajstić information content (AvgIpc) is 3.61. The molecule has 160 valence electrons. The zero-order valence-corrected chi connectivity index (χ0v) is 17.7. The number of furan rings is 1. The van der Waals surface area contributed by atoms with Gasteiger partial charge in [0.05, 0.1) is 17.4 Å². The SMILES string of the molecule is c1ccc2oc(-c3ccc4[nH]nc(-c5cn(-c6ccc7c(c6)CNCC7)nn5)c4c3)cc2c1. The fourth-order valence-corrected chi connectivity index (χ4v) is 4.59. The van der Waals surface area contributed by atoms with E-state index in [1.165, 1.54) is 11.1 Å². The van der Waals surface area contributed by atoms with Crippen molar-refractivity contribution in [2.75, 3.05) is 6.54 Å². The minimum atomic E-state index is 0.721. The lowest BCUT2D eigenvalue weighted by molar-refractivity contribution is 0.631. The molecule has 0 saturated heterocycles. The van der Waals surface area contributed by atoms with Gasteiger partial charge < -0.3 is 9.73 Å². The van der Waals surface area contributed by atoms with Gasteiger partial charge in [-0.2, -0.15) is 5.10 Å². The normalized spacial score (nSPS) is 13.6. The van der Waals surface area contributed by atoms with E-state index in [0.29, 0.717) is 0 Å². The number of hydrogen-bond acceptors (Lipinski definition) is 5. The molecule has 0 radical (unpaired) electrons. The van der Waals surface area contributed by atoms with Gasteiger partial charge in [0.25, 0.3) is 0 Å². The fraction of sp³-hybridized carbons (Fsp3) is 0.115. The van der Waals surface area contributed by atoms with Crippen LogP contribution < -0.4 is 5.32 Å². The molecule has 4 heterocycles. The molecular formula is C26H20N6O. The molecule has 1 aliphatic heterocycles. The molecule has 0 aliphatic carbocycles. The molecule has 6 aromatic rings. The summed E-state index contributed by atoms with van der Waals surface area (Å²) in [7, 11) is 0. The minimum Gasteiger partial charge on any atom is -0.456 e. The molecule has 0 spiro atoms. The average molecular weight is 432 g/mol. The summed E-state index contributed by atoms with van der Waals surface area (Å²) >= 11 is 0. The summed E-state index contributed by atoms with van der Waals surface area (Å²) in [6, 6.07) is 22.7. The van der Waals surface area contributed by atoms with E-state index in [-0.39, 0.29) is 0 Å². The van der Waals surface area contributed by atoms with Crippen LogP contribution in [0.4, 0.5) is 0 Å². The molecule has 33 heavy (non-hydrogen) atoms. The highest BCUT2D eigenvalue weighted by atomic mass is 16.3. The van der Waals surface area contributed by atoms with Gasteiger partial charge in [-0.15, -0.1) is 5.10 Å². The van der Waals surface area contributed by atoms with Crippen molar-refractivity contribution in [2.24, 2.45) is 0 Å². The van der Waals surface area contributed by atoms with E-state index in [9.17, 15) is 0 Å². The summed E-state index contributed by atoms with van der Waals surface area (Å²) in [5.41, 5.74) is 8.02. The van der Waals surface area contributed by atoms with Gasteiger partial charge in [-0.05, 0) is 66.6 Å². The molecule has 0 atom stereocenters. The second kappa shape index (κ2) is 7.15. The first-order valence-electron chi connectivity index (χ1n) is 11.0. The maximum atomic E-state index is 6.06. The van der Waals surface area contributed by atoms with Gasteiger partial charge in [0, 0.05) is 22.9 Å². The highest BCUT2D eigenvalue weighted by molar-refractivity contribution is 5.95. The van der Waals surface area contributed by atoms with Crippen molar-refractivity contribution in [1.29, 1.82) is 0 Å². The Labute approximate surface area is 189 Å². The largest absolute Gasteiger partial charge is 0.456 e. The standard InChI is InChI=1S/C26H20N6O/c1-2-4-24-17(3-1)13-25(33-24)18-6-8-22-21(12-18)26(30-28-22)23-15-32(31-29-23)20-7-5-16-9-10-27-14-19(16)11-20/h1-8,11-13,15,27H,9-10,14H2,(H,28,30). The molecule has 0 bridgehead atoms. The van der Waals surface area contributed by atoms with E-state index in [4.69, 9.17) is 4.42 Å². The third-order valence-electron chi connectivity index (χ3n) is 6.35. The van der Waals surface area contributed by atoms with Crippen LogP contribution in [-0.2, 0) is 13.0 Å². The van der Waals surface area contributed by atoms with E-state index >= 15 is 0 Å². The third-order valence-corrected chi connectivity index (χ3v) is 6.35. The van der Waals surface area contributed by atoms with Crippen molar-refractivity contribution in [3.8, 4) is 28.4 Å². The summed E-state index contributed by atoms with van der Waals surface area (Å²) in [4.78, 5) is 0. The molecule has 3 aromatic heterocycles. The summed E-state index contributed by atoms with van der Waals surface area (Å²) in [5.74, 6) is 0.830. The molecule has 0 amide bonds. The molecular weight excluding hydrogens is 412 g/mol. The Morgan fingerprint density at radius 3 is 2.88 bits per heavy atom. The molecule has 0 fully saturated rings. The van der Waals surface area contributed by atoms with Crippen LogP contribution in [-0.4, -0.2) is 31.7 Å². The van der Waals surface area contributed by atoms with Gasteiger partial charge in [-0.25, -0.2) is 4.68 Å². The lowest BCUT2D eigenvalue weighted by Crippen LogP contribution is -2.23. The van der Waals surface area contributed by atoms with Crippen LogP contribution in [0.15, 0.2) is 77.3 Å². The van der Waals surface area contributed by atoms with Crippen molar-refractivity contribution in [1.82, 2.24) is 30.5 Å². The van der Waals surface area contributed by atoms with E-state index in [1.54, 1.807) is 0 Å². The number of rotatable bonds is 3. The molecule has 0 unspecified atom stereocenters. The topological polar surface area (TPSA) is 84.6 Å². The quantitative estimate of drug-likeness (QED) is 0.417. The number of para-hydroxylation sites is 1. The van der Waals surface area contributed by atoms with Crippen LogP contribution in [0.3, 0.4) is 0 Å². The number of nitrogens with one attached hydrogen (secondary N) is 2. The van der Waals surface area contributed by atoms with Crippen LogP contribution in [0.2, 0.25) is 0 Å². The summed E-state index contributed by atoms with van der Waals surface area (Å²) in [6.07, 6.45) is 2.99. The first-order valence-corrected chi connectivity index (χ1v) is 11.0. The number of nitrogens with zero attached hydrogens (tertiary/aromatic N) is 4. The summed E-state index contributed by atoms with van der Waals surface area (Å²) < 4.78 is 7.88. The second-order valence-electron chi connectivity index (χ2n) is 8.41. The Hall–Kier alpha value is -4.23. The van der Waals surface area contributed by atoms with Crippen molar-refractivity contribution in [2.45, 2.75) is 13.0 Å². The van der Waals surface area contributed by atoms with Gasteiger partial charge in [0.15, 0.2) is 0 Å². The summed E-state index contributed by atoms with van der Waals surface area (Å²) in [6.45, 7) is 1.92. The first kappa shape index (κ1) is 18.4. The maximum absolute atomic E-state index is 6.06. The van der Waals surface area contributed by atoms with Gasteiger partial charge in [-0.1, -0.05) is 29.5 Å². The second-order valence-corrected chi connectivity index (χ2v) is 8.41. The smallest absolute Gasteiger partial charge is 0.135 e. The molecule has 1 aliphatic rings. The highest BCUT2D eigenvalue weighted by Crippen LogP contribution is 2.32. The lowest BCUT2D eigenvalue weighted by Gasteiger charge is -2.17. The van der Waals surface area contributed by atoms with Crippen LogP contribution in [0.5, 0.6) is 0 Å². The predicted molar refractivity (Wildman–Crippen MR) is 127 cm³/mol. The zero-order valence-electron chi connectivity index (χ0n) is 17.7. The monoisotopic (exact) mass is 432 g/mol. The Morgan fingerprint density at radius 2 is 1.91 bits per heavy atom. The predicted octanol–water partition coefficient (Wildman–Crippen LogP) is 4.87. The van der Waals surface area contributed by atoms with Crippen molar-refractivity contribution >= 4 is 21.9 Å². The summed E-state index contributed by atoms with van der Waals surface area (Å²) in [5, 5.41) is 22.0. The Balaban J connectivity index is 1.28. The van der Waals surface area contributed by atoms with Crippen molar-refractivity contribution < 1.29 is 4.42 Å². The molecule has 3 aromatic carbocycles. The van der Waals surface area contributed by atoms with E-state index < -0.39 is 0 Å².